The molecule has 1 fully saturated rings. The van der Waals surface area contributed by atoms with Crippen molar-refractivity contribution in [2.75, 3.05) is 32.7 Å². The number of amides is 1. The first kappa shape index (κ1) is 15.7. The van der Waals surface area contributed by atoms with Crippen molar-refractivity contribution in [2.24, 2.45) is 0 Å². The number of nitrogens with zero attached hydrogens (tertiary/aromatic N) is 3. The summed E-state index contributed by atoms with van der Waals surface area (Å²) in [5.41, 5.74) is 0.0853. The predicted octanol–water partition coefficient (Wildman–Crippen LogP) is 2.42. The van der Waals surface area contributed by atoms with Gasteiger partial charge in [0.15, 0.2) is 0 Å². The lowest BCUT2D eigenvalue weighted by Crippen LogP contribution is -2.48. The lowest BCUT2D eigenvalue weighted by molar-refractivity contribution is -0.384. The molecule has 0 saturated carbocycles. The number of hydrogen-bond donors (Lipinski definition) is 0. The lowest BCUT2D eigenvalue weighted by atomic mass is 10.1. The highest BCUT2D eigenvalue weighted by Gasteiger charge is 2.23. The van der Waals surface area contributed by atoms with Gasteiger partial charge in [-0.3, -0.25) is 19.8 Å². The monoisotopic (exact) mass is 311 g/mol. The number of hydrogen-bond acceptors (Lipinski definition) is 4. The van der Waals surface area contributed by atoms with Crippen LogP contribution in [0.5, 0.6) is 0 Å². The smallest absolute Gasteiger partial charge is 0.288 e. The van der Waals surface area contributed by atoms with Gasteiger partial charge >= 0.3 is 0 Å². The lowest BCUT2D eigenvalue weighted by Gasteiger charge is -2.34. The third-order valence-electron chi connectivity index (χ3n) is 3.59. The van der Waals surface area contributed by atoms with Gasteiger partial charge in [0, 0.05) is 37.8 Å². The number of carbonyl (C=O) groups excluding carboxylic acids is 1. The minimum atomic E-state index is -0.571. The summed E-state index contributed by atoms with van der Waals surface area (Å²) in [7, 11) is 0. The Morgan fingerprint density at radius 2 is 2.00 bits per heavy atom. The van der Waals surface area contributed by atoms with Crippen LogP contribution in [0, 0.1) is 10.1 Å². The number of rotatable bonds is 4. The first-order chi connectivity index (χ1) is 10.0. The molecule has 1 aliphatic rings. The third-order valence-corrected chi connectivity index (χ3v) is 3.91. The fraction of sp³-hybridized carbons (Fsp3) is 0.500. The molecule has 1 aliphatic heterocycles. The molecule has 0 N–H and O–H groups in total. The van der Waals surface area contributed by atoms with Crippen LogP contribution < -0.4 is 0 Å². The Morgan fingerprint density at radius 3 is 2.57 bits per heavy atom. The van der Waals surface area contributed by atoms with Gasteiger partial charge in [0.2, 0.25) is 0 Å². The minimum absolute atomic E-state index is 0.0457. The van der Waals surface area contributed by atoms with E-state index in [9.17, 15) is 14.9 Å². The Hall–Kier alpha value is -1.66. The van der Waals surface area contributed by atoms with Crippen molar-refractivity contribution < 1.29 is 9.72 Å². The zero-order chi connectivity index (χ0) is 15.4. The van der Waals surface area contributed by atoms with Gasteiger partial charge in [-0.15, -0.1) is 0 Å². The average Bonchev–Trinajstić information content (AvgIpc) is 2.48. The number of piperazine rings is 1. The van der Waals surface area contributed by atoms with E-state index in [4.69, 9.17) is 11.6 Å². The topological polar surface area (TPSA) is 66.7 Å². The number of halogens is 1. The summed E-state index contributed by atoms with van der Waals surface area (Å²) in [6, 6.07) is 4.19. The van der Waals surface area contributed by atoms with Gasteiger partial charge in [0.05, 0.1) is 4.92 Å². The third kappa shape index (κ3) is 3.71. The average molecular weight is 312 g/mol. The predicted molar refractivity (Wildman–Crippen MR) is 80.7 cm³/mol. The molecule has 0 aliphatic carbocycles. The van der Waals surface area contributed by atoms with E-state index in [1.807, 2.05) is 0 Å². The van der Waals surface area contributed by atoms with Crippen molar-refractivity contribution >= 4 is 23.2 Å². The van der Waals surface area contributed by atoms with Crippen molar-refractivity contribution in [2.45, 2.75) is 13.3 Å². The molecule has 1 saturated heterocycles. The summed E-state index contributed by atoms with van der Waals surface area (Å²) >= 11 is 5.76. The molecule has 1 aromatic rings. The molecule has 21 heavy (non-hydrogen) atoms. The summed E-state index contributed by atoms with van der Waals surface area (Å²) in [5, 5.41) is 10.9. The number of carbonyl (C=O) groups is 1. The number of nitro benzene ring substituents is 1. The Bertz CT molecular complexity index is 542. The fourth-order valence-electron chi connectivity index (χ4n) is 2.46. The maximum absolute atomic E-state index is 12.4. The van der Waals surface area contributed by atoms with Crippen LogP contribution in [0.15, 0.2) is 18.2 Å². The van der Waals surface area contributed by atoms with Crippen LogP contribution in [0.2, 0.25) is 5.02 Å². The summed E-state index contributed by atoms with van der Waals surface area (Å²) in [6.07, 6.45) is 1.09. The van der Waals surface area contributed by atoms with Gasteiger partial charge in [0.25, 0.3) is 11.6 Å². The quantitative estimate of drug-likeness (QED) is 0.632. The van der Waals surface area contributed by atoms with E-state index in [0.717, 1.165) is 26.1 Å². The molecule has 2 rings (SSSR count). The highest BCUT2D eigenvalue weighted by molar-refractivity contribution is 6.32. The van der Waals surface area contributed by atoms with E-state index in [0.29, 0.717) is 18.7 Å². The molecular formula is C14H18ClN3O3. The van der Waals surface area contributed by atoms with Crippen molar-refractivity contribution in [3.63, 3.8) is 0 Å². The van der Waals surface area contributed by atoms with E-state index in [1.54, 1.807) is 4.90 Å². The van der Waals surface area contributed by atoms with Gasteiger partial charge in [-0.05, 0) is 25.1 Å². The van der Waals surface area contributed by atoms with Crippen LogP contribution in [0.25, 0.3) is 0 Å². The molecular weight excluding hydrogens is 294 g/mol. The molecule has 0 spiro atoms. The molecule has 0 atom stereocenters. The largest absolute Gasteiger partial charge is 0.336 e. The molecule has 0 bridgehead atoms. The zero-order valence-electron chi connectivity index (χ0n) is 11.9. The first-order valence-electron chi connectivity index (χ1n) is 6.98. The molecule has 114 valence electrons. The molecule has 6 nitrogen and oxygen atoms in total. The summed E-state index contributed by atoms with van der Waals surface area (Å²) < 4.78 is 0. The van der Waals surface area contributed by atoms with Crippen molar-refractivity contribution in [3.05, 3.63) is 38.9 Å². The van der Waals surface area contributed by atoms with E-state index < -0.39 is 4.92 Å². The van der Waals surface area contributed by atoms with E-state index in [2.05, 4.69) is 11.8 Å². The maximum atomic E-state index is 12.4. The molecule has 1 aromatic carbocycles. The molecule has 0 unspecified atom stereocenters. The Labute approximate surface area is 128 Å². The van der Waals surface area contributed by atoms with Gasteiger partial charge in [0.1, 0.15) is 5.02 Å². The van der Waals surface area contributed by atoms with Crippen molar-refractivity contribution in [3.8, 4) is 0 Å². The first-order valence-corrected chi connectivity index (χ1v) is 7.36. The van der Waals surface area contributed by atoms with Gasteiger partial charge in [-0.1, -0.05) is 18.5 Å². The summed E-state index contributed by atoms with van der Waals surface area (Å²) in [5.74, 6) is -0.175. The summed E-state index contributed by atoms with van der Waals surface area (Å²) in [6.45, 7) is 6.15. The molecule has 1 amide bonds. The summed E-state index contributed by atoms with van der Waals surface area (Å²) in [4.78, 5) is 26.7. The highest BCUT2D eigenvalue weighted by Crippen LogP contribution is 2.25. The highest BCUT2D eigenvalue weighted by atomic mass is 35.5. The van der Waals surface area contributed by atoms with Crippen LogP contribution in [0.3, 0.4) is 0 Å². The number of benzene rings is 1. The molecule has 0 radical (unpaired) electrons. The molecule has 0 aromatic heterocycles. The SMILES string of the molecule is CCCN1CCN(C(=O)c2ccc(Cl)c([N+](=O)[O-])c2)CC1. The van der Waals surface area contributed by atoms with Gasteiger partial charge in [-0.2, -0.15) is 0 Å². The van der Waals surface area contributed by atoms with E-state index in [1.165, 1.54) is 18.2 Å². The maximum Gasteiger partial charge on any atom is 0.288 e. The van der Waals surface area contributed by atoms with Crippen LogP contribution in [-0.2, 0) is 0 Å². The Kier molecular flexibility index (Phi) is 5.14. The normalized spacial score (nSPS) is 16.0. The van der Waals surface area contributed by atoms with Crippen LogP contribution in [0.4, 0.5) is 5.69 Å². The zero-order valence-corrected chi connectivity index (χ0v) is 12.7. The second kappa shape index (κ2) is 6.87. The van der Waals surface area contributed by atoms with Gasteiger partial charge < -0.3 is 4.90 Å². The Morgan fingerprint density at radius 1 is 1.33 bits per heavy atom. The minimum Gasteiger partial charge on any atom is -0.336 e. The van der Waals surface area contributed by atoms with Crippen molar-refractivity contribution in [1.82, 2.24) is 9.80 Å². The fourth-order valence-corrected chi connectivity index (χ4v) is 2.65. The number of nitro groups is 1. The van der Waals surface area contributed by atoms with E-state index in [-0.39, 0.29) is 16.6 Å². The van der Waals surface area contributed by atoms with Crippen LogP contribution in [-0.4, -0.2) is 53.4 Å². The van der Waals surface area contributed by atoms with Crippen LogP contribution in [0.1, 0.15) is 23.7 Å². The standard InChI is InChI=1S/C14H18ClN3O3/c1-2-5-16-6-8-17(9-7-16)14(19)11-3-4-12(15)13(10-11)18(20)21/h3-4,10H,2,5-9H2,1H3. The van der Waals surface area contributed by atoms with Crippen LogP contribution >= 0.6 is 11.6 Å². The Balaban J connectivity index is 2.07. The molecule has 7 heteroatoms. The van der Waals surface area contributed by atoms with E-state index >= 15 is 0 Å². The second-order valence-corrected chi connectivity index (χ2v) is 5.46. The van der Waals surface area contributed by atoms with Crippen molar-refractivity contribution in [1.29, 1.82) is 0 Å². The second-order valence-electron chi connectivity index (χ2n) is 5.06. The molecule has 1 heterocycles. The van der Waals surface area contributed by atoms with Gasteiger partial charge in [-0.25, -0.2) is 0 Å².